The maximum atomic E-state index is 13.3. The van der Waals surface area contributed by atoms with E-state index >= 15 is 0 Å². The van der Waals surface area contributed by atoms with Crippen LogP contribution in [0.25, 0.3) is 0 Å². The first-order chi connectivity index (χ1) is 11.7. The highest BCUT2D eigenvalue weighted by Crippen LogP contribution is 2.26. The first kappa shape index (κ1) is 23.0. The van der Waals surface area contributed by atoms with Gasteiger partial charge in [-0.1, -0.05) is 17.7 Å². The topological polar surface area (TPSA) is 85.2 Å². The summed E-state index contributed by atoms with van der Waals surface area (Å²) in [6, 6.07) is 3.48. The zero-order valence-electron chi connectivity index (χ0n) is 13.4. The molecule has 0 spiro atoms. The highest BCUT2D eigenvalue weighted by Gasteiger charge is 2.44. The fourth-order valence-corrected chi connectivity index (χ4v) is 4.04. The molecule has 2 N–H and O–H groups in total. The molecule has 0 saturated carbocycles. The van der Waals surface area contributed by atoms with E-state index in [0.29, 0.717) is 13.1 Å². The van der Waals surface area contributed by atoms with E-state index in [9.17, 15) is 21.6 Å². The van der Waals surface area contributed by atoms with Crippen molar-refractivity contribution in [2.75, 3.05) is 32.7 Å². The second-order valence-corrected chi connectivity index (χ2v) is 7.56. The van der Waals surface area contributed by atoms with Crippen molar-refractivity contribution in [3.63, 3.8) is 0 Å². The lowest BCUT2D eigenvalue weighted by Crippen LogP contribution is -2.57. The number of rotatable bonds is 5. The lowest BCUT2D eigenvalue weighted by molar-refractivity contribution is -0.182. The molecule has 6 nitrogen and oxygen atoms in total. The van der Waals surface area contributed by atoms with E-state index in [1.54, 1.807) is 6.07 Å². The fraction of sp³-hybridized carbons (Fsp3) is 0.500. The summed E-state index contributed by atoms with van der Waals surface area (Å²) in [4.78, 5) is 0.742. The summed E-state index contributed by atoms with van der Waals surface area (Å²) in [6.45, 7) is 0.265. The molecule has 12 heteroatoms. The second-order valence-electron chi connectivity index (χ2n) is 5.42. The Morgan fingerprint density at radius 2 is 1.96 bits per heavy atom. The molecule has 0 amide bonds. The minimum absolute atomic E-state index is 0. The van der Waals surface area contributed by atoms with Gasteiger partial charge in [-0.15, -0.1) is 12.4 Å². The average molecular weight is 433 g/mol. The Kier molecular flexibility index (Phi) is 8.13. The number of hydrogen-bond acceptors (Lipinski definition) is 5. The van der Waals surface area contributed by atoms with Crippen LogP contribution >= 0.6 is 24.0 Å². The van der Waals surface area contributed by atoms with Crippen LogP contribution in [0.4, 0.5) is 13.2 Å². The molecule has 1 aliphatic rings. The van der Waals surface area contributed by atoms with E-state index in [0.717, 1.165) is 6.07 Å². The van der Waals surface area contributed by atoms with Gasteiger partial charge in [0.2, 0.25) is 10.0 Å². The van der Waals surface area contributed by atoms with Gasteiger partial charge in [0.1, 0.15) is 17.0 Å². The molecule has 1 atom stereocenters. The van der Waals surface area contributed by atoms with Crippen molar-refractivity contribution in [3.05, 3.63) is 28.8 Å². The number of sulfonamides is 1. The van der Waals surface area contributed by atoms with Crippen molar-refractivity contribution in [3.8, 4) is 6.07 Å². The third kappa shape index (κ3) is 5.45. The third-order valence-corrected chi connectivity index (χ3v) is 5.59. The Bertz CT molecular complexity index is 762. The molecule has 1 aliphatic heterocycles. The highest BCUT2D eigenvalue weighted by molar-refractivity contribution is 7.89. The number of piperazine rings is 1. The summed E-state index contributed by atoms with van der Waals surface area (Å²) in [5.74, 6) is 0. The van der Waals surface area contributed by atoms with Crippen molar-refractivity contribution < 1.29 is 21.6 Å². The molecule has 1 aromatic rings. The summed E-state index contributed by atoms with van der Waals surface area (Å²) >= 11 is 5.78. The van der Waals surface area contributed by atoms with Gasteiger partial charge in [-0.25, -0.2) is 13.1 Å². The van der Waals surface area contributed by atoms with Crippen molar-refractivity contribution in [2.45, 2.75) is 17.1 Å². The van der Waals surface area contributed by atoms with Crippen molar-refractivity contribution in [1.29, 1.82) is 5.26 Å². The average Bonchev–Trinajstić information content (AvgIpc) is 2.54. The third-order valence-electron chi connectivity index (χ3n) is 3.81. The molecule has 2 rings (SSSR count). The molecule has 0 aromatic heterocycles. The standard InChI is InChI=1S/C14H16ClF3N4O2S.ClH/c15-11-2-1-3-12(10(11)8-19)25(23,24)21-9-13(14(16,17)18)22-6-4-20-5-7-22;/h1-3,13,20-21H,4-7,9H2;1H. The molecule has 26 heavy (non-hydrogen) atoms. The Morgan fingerprint density at radius 3 is 2.50 bits per heavy atom. The zero-order valence-corrected chi connectivity index (χ0v) is 15.8. The lowest BCUT2D eigenvalue weighted by Gasteiger charge is -2.35. The molecule has 1 unspecified atom stereocenters. The van der Waals surface area contributed by atoms with Gasteiger partial charge in [0.15, 0.2) is 0 Å². The van der Waals surface area contributed by atoms with Crippen molar-refractivity contribution >= 4 is 34.0 Å². The zero-order chi connectivity index (χ0) is 18.7. The van der Waals surface area contributed by atoms with E-state index < -0.39 is 33.7 Å². The van der Waals surface area contributed by atoms with Gasteiger partial charge in [0.25, 0.3) is 0 Å². The largest absolute Gasteiger partial charge is 0.405 e. The van der Waals surface area contributed by atoms with Crippen LogP contribution in [0.3, 0.4) is 0 Å². The molecular formula is C14H17Cl2F3N4O2S. The number of nitrogens with one attached hydrogen (secondary N) is 2. The number of alkyl halides is 3. The quantitative estimate of drug-likeness (QED) is 0.739. The summed E-state index contributed by atoms with van der Waals surface area (Å²) in [6.07, 6.45) is -4.59. The predicted molar refractivity (Wildman–Crippen MR) is 92.9 cm³/mol. The maximum Gasteiger partial charge on any atom is 0.405 e. The Hall–Kier alpha value is -1.09. The van der Waals surface area contributed by atoms with E-state index in [1.165, 1.54) is 17.0 Å². The van der Waals surface area contributed by atoms with Crippen LogP contribution in [0.1, 0.15) is 5.56 Å². The predicted octanol–water partition coefficient (Wildman–Crippen LogP) is 1.75. The normalized spacial score (nSPS) is 17.2. The SMILES string of the molecule is Cl.N#Cc1c(Cl)cccc1S(=O)(=O)NCC(N1CCNCC1)C(F)(F)F. The van der Waals surface area contributed by atoms with Gasteiger partial charge < -0.3 is 5.32 Å². The number of hydrogen-bond donors (Lipinski definition) is 2. The van der Waals surface area contributed by atoms with E-state index in [-0.39, 0.29) is 36.1 Å². The minimum Gasteiger partial charge on any atom is -0.314 e. The van der Waals surface area contributed by atoms with Gasteiger partial charge in [0, 0.05) is 32.7 Å². The molecule has 0 aliphatic carbocycles. The van der Waals surface area contributed by atoms with Crippen LogP contribution < -0.4 is 10.0 Å². The van der Waals surface area contributed by atoms with Crippen molar-refractivity contribution in [2.24, 2.45) is 0 Å². The maximum absolute atomic E-state index is 13.3. The number of halogens is 5. The van der Waals surface area contributed by atoms with Gasteiger partial charge in [-0.3, -0.25) is 4.90 Å². The summed E-state index contributed by atoms with van der Waals surface area (Å²) in [7, 11) is -4.32. The highest BCUT2D eigenvalue weighted by atomic mass is 35.5. The number of benzene rings is 1. The van der Waals surface area contributed by atoms with Gasteiger partial charge in [-0.05, 0) is 12.1 Å². The Balaban J connectivity index is 0.00000338. The van der Waals surface area contributed by atoms with Gasteiger partial charge >= 0.3 is 6.18 Å². The monoisotopic (exact) mass is 432 g/mol. The first-order valence-corrected chi connectivity index (χ1v) is 9.22. The van der Waals surface area contributed by atoms with Crippen LogP contribution in [0, 0.1) is 11.3 Å². The number of nitrogens with zero attached hydrogens (tertiary/aromatic N) is 2. The fourth-order valence-electron chi connectivity index (χ4n) is 2.55. The van der Waals surface area contributed by atoms with E-state index in [4.69, 9.17) is 16.9 Å². The van der Waals surface area contributed by atoms with Crippen LogP contribution in [0.2, 0.25) is 5.02 Å². The van der Waals surface area contributed by atoms with Gasteiger partial charge in [0.05, 0.1) is 10.6 Å². The van der Waals surface area contributed by atoms with Gasteiger partial charge in [-0.2, -0.15) is 18.4 Å². The summed E-state index contributed by atoms with van der Waals surface area (Å²) in [5, 5.41) is 11.9. The lowest BCUT2D eigenvalue weighted by atomic mass is 10.2. The van der Waals surface area contributed by atoms with E-state index in [2.05, 4.69) is 5.32 Å². The Morgan fingerprint density at radius 1 is 1.35 bits per heavy atom. The first-order valence-electron chi connectivity index (χ1n) is 7.36. The Labute approximate surface area is 160 Å². The smallest absolute Gasteiger partial charge is 0.314 e. The molecule has 0 radical (unpaired) electrons. The van der Waals surface area contributed by atoms with Crippen LogP contribution in [-0.2, 0) is 10.0 Å². The second kappa shape index (κ2) is 9.21. The number of nitriles is 1. The van der Waals surface area contributed by atoms with Crippen LogP contribution in [0.5, 0.6) is 0 Å². The molecule has 0 bridgehead atoms. The molecular weight excluding hydrogens is 416 g/mol. The molecule has 1 fully saturated rings. The van der Waals surface area contributed by atoms with Crippen LogP contribution in [0.15, 0.2) is 23.1 Å². The van der Waals surface area contributed by atoms with Crippen molar-refractivity contribution in [1.82, 2.24) is 14.9 Å². The molecule has 1 heterocycles. The molecule has 1 aromatic carbocycles. The summed E-state index contributed by atoms with van der Waals surface area (Å²) < 4.78 is 66.6. The minimum atomic E-state index is -4.59. The van der Waals surface area contributed by atoms with Crippen LogP contribution in [-0.4, -0.2) is 58.3 Å². The summed E-state index contributed by atoms with van der Waals surface area (Å²) in [5.41, 5.74) is -0.303. The van der Waals surface area contributed by atoms with E-state index in [1.807, 2.05) is 4.72 Å². The molecule has 146 valence electrons. The molecule has 1 saturated heterocycles.